The molecule has 0 aliphatic carbocycles. The molecule has 0 saturated carbocycles. The van der Waals surface area contributed by atoms with Gasteiger partial charge in [-0.2, -0.15) is 11.8 Å². The van der Waals surface area contributed by atoms with Crippen molar-refractivity contribution in [1.82, 2.24) is 16.0 Å². The summed E-state index contributed by atoms with van der Waals surface area (Å²) in [7, 11) is 0. The van der Waals surface area contributed by atoms with Crippen LogP contribution in [0.4, 0.5) is 0 Å². The molecule has 0 bridgehead atoms. The number of hydrogen-bond donors (Lipinski definition) is 6. The molecular weight excluding hydrogens is 448 g/mol. The Morgan fingerprint density at radius 2 is 1.55 bits per heavy atom. The SMILES string of the molecule is CSCCC(NC(=O)CN)C(=O)NC(Cc1ccc(O)cc1)C(=O)NC(CC(C)C)C(=O)O. The van der Waals surface area contributed by atoms with Gasteiger partial charge in [0.1, 0.15) is 23.9 Å². The molecule has 184 valence electrons. The van der Waals surface area contributed by atoms with Crippen LogP contribution in [0.25, 0.3) is 0 Å². The second-order valence-corrected chi connectivity index (χ2v) is 9.05. The summed E-state index contributed by atoms with van der Waals surface area (Å²) < 4.78 is 0. The Bertz CT molecular complexity index is 803. The third kappa shape index (κ3) is 10.6. The summed E-state index contributed by atoms with van der Waals surface area (Å²) in [6.07, 6.45) is 2.48. The maximum Gasteiger partial charge on any atom is 0.326 e. The molecule has 3 unspecified atom stereocenters. The van der Waals surface area contributed by atoms with E-state index in [0.717, 1.165) is 0 Å². The Morgan fingerprint density at radius 1 is 0.970 bits per heavy atom. The van der Waals surface area contributed by atoms with Crippen LogP contribution in [0.15, 0.2) is 24.3 Å². The zero-order chi connectivity index (χ0) is 25.0. The molecule has 0 aliphatic heterocycles. The van der Waals surface area contributed by atoms with Crippen molar-refractivity contribution in [1.29, 1.82) is 0 Å². The smallest absolute Gasteiger partial charge is 0.326 e. The van der Waals surface area contributed by atoms with Crippen molar-refractivity contribution >= 4 is 35.5 Å². The number of carboxylic acids is 1. The Labute approximate surface area is 198 Å². The number of phenolic OH excluding ortho intramolecular Hbond substituents is 1. The third-order valence-electron chi connectivity index (χ3n) is 4.78. The van der Waals surface area contributed by atoms with Crippen LogP contribution in [0.2, 0.25) is 0 Å². The number of thioether (sulfide) groups is 1. The van der Waals surface area contributed by atoms with E-state index in [9.17, 15) is 29.4 Å². The first-order valence-corrected chi connectivity index (χ1v) is 12.1. The van der Waals surface area contributed by atoms with Gasteiger partial charge in [-0.3, -0.25) is 14.4 Å². The fourth-order valence-electron chi connectivity index (χ4n) is 3.07. The molecule has 3 atom stereocenters. The molecule has 0 saturated heterocycles. The fourth-order valence-corrected chi connectivity index (χ4v) is 3.54. The van der Waals surface area contributed by atoms with Gasteiger partial charge in [-0.15, -0.1) is 0 Å². The number of carbonyl (C=O) groups excluding carboxylic acids is 3. The van der Waals surface area contributed by atoms with Crippen LogP contribution in [0, 0.1) is 5.92 Å². The van der Waals surface area contributed by atoms with Crippen molar-refractivity contribution in [3.63, 3.8) is 0 Å². The number of nitrogens with two attached hydrogens (primary N) is 1. The number of phenols is 1. The van der Waals surface area contributed by atoms with E-state index in [4.69, 9.17) is 5.73 Å². The van der Waals surface area contributed by atoms with E-state index >= 15 is 0 Å². The van der Waals surface area contributed by atoms with Gasteiger partial charge in [0.2, 0.25) is 17.7 Å². The van der Waals surface area contributed by atoms with Crippen molar-refractivity contribution in [3.05, 3.63) is 29.8 Å². The van der Waals surface area contributed by atoms with Crippen LogP contribution >= 0.6 is 11.8 Å². The van der Waals surface area contributed by atoms with Gasteiger partial charge in [0.25, 0.3) is 0 Å². The van der Waals surface area contributed by atoms with Crippen LogP contribution < -0.4 is 21.7 Å². The molecule has 0 spiro atoms. The molecule has 0 aromatic heterocycles. The predicted octanol–water partition coefficient (Wildman–Crippen LogP) is 0.232. The summed E-state index contributed by atoms with van der Waals surface area (Å²) in [4.78, 5) is 49.3. The first-order valence-electron chi connectivity index (χ1n) is 10.7. The highest BCUT2D eigenvalue weighted by molar-refractivity contribution is 7.98. The highest BCUT2D eigenvalue weighted by atomic mass is 32.2. The molecule has 33 heavy (non-hydrogen) atoms. The lowest BCUT2D eigenvalue weighted by Crippen LogP contribution is -2.57. The number of aromatic hydroxyl groups is 1. The average Bonchev–Trinajstić information content (AvgIpc) is 2.76. The van der Waals surface area contributed by atoms with Gasteiger partial charge >= 0.3 is 5.97 Å². The fraction of sp³-hybridized carbons (Fsp3) is 0.545. The van der Waals surface area contributed by atoms with Gasteiger partial charge in [-0.1, -0.05) is 26.0 Å². The second kappa shape index (κ2) is 14.4. The lowest BCUT2D eigenvalue weighted by Gasteiger charge is -2.25. The van der Waals surface area contributed by atoms with E-state index in [0.29, 0.717) is 17.7 Å². The summed E-state index contributed by atoms with van der Waals surface area (Å²) in [6, 6.07) is 3.01. The van der Waals surface area contributed by atoms with Gasteiger partial charge in [-0.05, 0) is 48.5 Å². The van der Waals surface area contributed by atoms with Gasteiger partial charge in [0.05, 0.1) is 6.54 Å². The van der Waals surface area contributed by atoms with E-state index in [-0.39, 0.29) is 31.1 Å². The first-order chi connectivity index (χ1) is 15.6. The van der Waals surface area contributed by atoms with Crippen molar-refractivity contribution in [2.24, 2.45) is 11.7 Å². The Morgan fingerprint density at radius 3 is 2.06 bits per heavy atom. The van der Waals surface area contributed by atoms with Crippen molar-refractivity contribution in [2.45, 2.75) is 51.2 Å². The summed E-state index contributed by atoms with van der Waals surface area (Å²) in [5.41, 5.74) is 6.00. The Balaban J connectivity index is 3.09. The average molecular weight is 483 g/mol. The molecule has 0 aliphatic rings. The summed E-state index contributed by atoms with van der Waals surface area (Å²) in [6.45, 7) is 3.40. The topological polar surface area (TPSA) is 171 Å². The number of carboxylic acid groups (broad SMARTS) is 1. The third-order valence-corrected chi connectivity index (χ3v) is 5.42. The predicted molar refractivity (Wildman–Crippen MR) is 127 cm³/mol. The summed E-state index contributed by atoms with van der Waals surface area (Å²) in [5.74, 6) is -2.22. The zero-order valence-corrected chi connectivity index (χ0v) is 20.0. The zero-order valence-electron chi connectivity index (χ0n) is 19.2. The van der Waals surface area contributed by atoms with Crippen molar-refractivity contribution in [2.75, 3.05) is 18.6 Å². The Kier molecular flexibility index (Phi) is 12.3. The number of nitrogens with one attached hydrogen (secondary N) is 3. The summed E-state index contributed by atoms with van der Waals surface area (Å²) >= 11 is 1.50. The maximum atomic E-state index is 13.0. The Hall–Kier alpha value is -2.79. The normalized spacial score (nSPS) is 13.6. The minimum absolute atomic E-state index is 0.0268. The van der Waals surface area contributed by atoms with Crippen LogP contribution in [-0.2, 0) is 25.6 Å². The van der Waals surface area contributed by atoms with E-state index in [1.165, 1.54) is 23.9 Å². The number of carbonyl (C=O) groups is 4. The molecule has 11 heteroatoms. The monoisotopic (exact) mass is 482 g/mol. The molecule has 10 nitrogen and oxygen atoms in total. The van der Waals surface area contributed by atoms with E-state index in [2.05, 4.69) is 16.0 Å². The number of aliphatic carboxylic acids is 1. The first kappa shape index (κ1) is 28.2. The van der Waals surface area contributed by atoms with Crippen LogP contribution in [0.1, 0.15) is 32.3 Å². The number of benzene rings is 1. The minimum atomic E-state index is -1.17. The number of hydrogen-bond acceptors (Lipinski definition) is 7. The molecule has 0 radical (unpaired) electrons. The molecule has 3 amide bonds. The molecule has 0 fully saturated rings. The van der Waals surface area contributed by atoms with Crippen molar-refractivity contribution < 1.29 is 29.4 Å². The van der Waals surface area contributed by atoms with Gasteiger partial charge in [-0.25, -0.2) is 4.79 Å². The van der Waals surface area contributed by atoms with Gasteiger partial charge in [0.15, 0.2) is 0 Å². The van der Waals surface area contributed by atoms with E-state index in [1.54, 1.807) is 12.1 Å². The van der Waals surface area contributed by atoms with E-state index in [1.807, 2.05) is 20.1 Å². The maximum absolute atomic E-state index is 13.0. The standard InChI is InChI=1S/C22H34N4O6S/c1-13(2)10-18(22(31)32)26-21(30)17(11-14-4-6-15(27)7-5-14)25-20(29)16(8-9-33-3)24-19(28)12-23/h4-7,13,16-18,27H,8-12,23H2,1-3H3,(H,24,28)(H,25,29)(H,26,30)(H,31,32). The van der Waals surface area contributed by atoms with Crippen LogP contribution in [0.3, 0.4) is 0 Å². The molecular formula is C22H34N4O6S. The highest BCUT2D eigenvalue weighted by Gasteiger charge is 2.30. The van der Waals surface area contributed by atoms with E-state index < -0.39 is 41.8 Å². The van der Waals surface area contributed by atoms with Crippen LogP contribution in [0.5, 0.6) is 5.75 Å². The van der Waals surface area contributed by atoms with Gasteiger partial charge in [0, 0.05) is 6.42 Å². The minimum Gasteiger partial charge on any atom is -0.508 e. The second-order valence-electron chi connectivity index (χ2n) is 8.07. The number of amides is 3. The van der Waals surface area contributed by atoms with Gasteiger partial charge < -0.3 is 31.9 Å². The largest absolute Gasteiger partial charge is 0.508 e. The lowest BCUT2D eigenvalue weighted by molar-refractivity contribution is -0.142. The molecule has 1 aromatic rings. The molecule has 7 N–H and O–H groups in total. The highest BCUT2D eigenvalue weighted by Crippen LogP contribution is 2.13. The number of rotatable bonds is 14. The van der Waals surface area contributed by atoms with Crippen molar-refractivity contribution in [3.8, 4) is 5.75 Å². The molecule has 0 heterocycles. The quantitative estimate of drug-likeness (QED) is 0.219. The summed E-state index contributed by atoms with van der Waals surface area (Å²) in [5, 5.41) is 26.7. The van der Waals surface area contributed by atoms with Crippen LogP contribution in [-0.4, -0.2) is 70.6 Å². The molecule has 1 aromatic carbocycles. The molecule has 1 rings (SSSR count). The lowest BCUT2D eigenvalue weighted by atomic mass is 10.0.